The Morgan fingerprint density at radius 3 is 2.35 bits per heavy atom. The lowest BCUT2D eigenvalue weighted by atomic mass is 9.98. The molecule has 0 fully saturated rings. The molecule has 0 amide bonds. The summed E-state index contributed by atoms with van der Waals surface area (Å²) >= 11 is 0. The van der Waals surface area contributed by atoms with Gasteiger partial charge in [0.1, 0.15) is 5.76 Å². The van der Waals surface area contributed by atoms with Crippen LogP contribution in [0.2, 0.25) is 0 Å². The molecule has 0 aliphatic heterocycles. The topological polar surface area (TPSA) is 39.2 Å². The summed E-state index contributed by atoms with van der Waals surface area (Å²) in [5.74, 6) is 0.824. The predicted octanol–water partition coefficient (Wildman–Crippen LogP) is 4.10. The highest BCUT2D eigenvalue weighted by atomic mass is 19.4. The molecule has 1 unspecified atom stereocenters. The summed E-state index contributed by atoms with van der Waals surface area (Å²) in [7, 11) is 0. The second-order valence-electron chi connectivity index (χ2n) is 4.66. The van der Waals surface area contributed by atoms with Crippen LogP contribution in [0.25, 0.3) is 0 Å². The van der Waals surface area contributed by atoms with Crippen molar-refractivity contribution in [1.29, 1.82) is 0 Å². The fourth-order valence-corrected chi connectivity index (χ4v) is 2.16. The Balaban J connectivity index is 2.10. The normalized spacial score (nSPS) is 13.4. The third kappa shape index (κ3) is 3.22. The van der Waals surface area contributed by atoms with Crippen LogP contribution >= 0.6 is 0 Å². The summed E-state index contributed by atoms with van der Waals surface area (Å²) in [5.41, 5.74) is 7.13. The average molecular weight is 283 g/mol. The standard InChI is InChI=1S/C15H16F3NO/c1-2-14-12(7-8-20-14)13(19)9-10-3-5-11(6-4-10)15(16,17)18/h3-8,13H,2,9,19H2,1H3. The first-order valence-electron chi connectivity index (χ1n) is 6.39. The summed E-state index contributed by atoms with van der Waals surface area (Å²) in [6.45, 7) is 1.97. The summed E-state index contributed by atoms with van der Waals surface area (Å²) in [6, 6.07) is 6.63. The average Bonchev–Trinajstić information content (AvgIpc) is 2.86. The second-order valence-corrected chi connectivity index (χ2v) is 4.66. The summed E-state index contributed by atoms with van der Waals surface area (Å²) in [6.07, 6.45) is -1.50. The van der Waals surface area contributed by atoms with Gasteiger partial charge in [-0.3, -0.25) is 0 Å². The molecule has 0 spiro atoms. The first-order valence-corrected chi connectivity index (χ1v) is 6.39. The van der Waals surface area contributed by atoms with Crippen LogP contribution in [0.4, 0.5) is 13.2 Å². The monoisotopic (exact) mass is 283 g/mol. The molecule has 2 rings (SSSR count). The SMILES string of the molecule is CCc1occc1C(N)Cc1ccc(C(F)(F)F)cc1. The number of nitrogens with two attached hydrogens (primary N) is 1. The summed E-state index contributed by atoms with van der Waals surface area (Å²) in [4.78, 5) is 0. The minimum atomic E-state index is -4.30. The Labute approximate surface area is 115 Å². The predicted molar refractivity (Wildman–Crippen MR) is 70.2 cm³/mol. The highest BCUT2D eigenvalue weighted by Crippen LogP contribution is 2.30. The van der Waals surface area contributed by atoms with E-state index in [0.29, 0.717) is 6.42 Å². The number of rotatable bonds is 4. The number of alkyl halides is 3. The van der Waals surface area contributed by atoms with Crippen molar-refractivity contribution in [3.63, 3.8) is 0 Å². The molecule has 1 aromatic carbocycles. The lowest BCUT2D eigenvalue weighted by Crippen LogP contribution is -2.14. The van der Waals surface area contributed by atoms with Gasteiger partial charge in [-0.2, -0.15) is 13.2 Å². The van der Waals surface area contributed by atoms with Crippen molar-refractivity contribution in [2.75, 3.05) is 0 Å². The molecule has 1 heterocycles. The van der Waals surface area contributed by atoms with Crippen LogP contribution in [0.5, 0.6) is 0 Å². The first-order chi connectivity index (χ1) is 9.41. The molecule has 0 bridgehead atoms. The fraction of sp³-hybridized carbons (Fsp3) is 0.333. The quantitative estimate of drug-likeness (QED) is 0.917. The minimum Gasteiger partial charge on any atom is -0.469 e. The van der Waals surface area contributed by atoms with Gasteiger partial charge < -0.3 is 10.2 Å². The molecule has 0 radical (unpaired) electrons. The molecular weight excluding hydrogens is 267 g/mol. The van der Waals surface area contributed by atoms with Crippen LogP contribution < -0.4 is 5.73 Å². The van der Waals surface area contributed by atoms with Crippen LogP contribution in [0.3, 0.4) is 0 Å². The van der Waals surface area contributed by atoms with Gasteiger partial charge in [-0.05, 0) is 30.2 Å². The number of hydrogen-bond acceptors (Lipinski definition) is 2. The molecule has 0 aliphatic rings. The molecule has 2 nitrogen and oxygen atoms in total. The van der Waals surface area contributed by atoms with Crippen LogP contribution in [-0.4, -0.2) is 0 Å². The number of hydrogen-bond donors (Lipinski definition) is 1. The third-order valence-electron chi connectivity index (χ3n) is 3.24. The molecule has 1 aromatic heterocycles. The zero-order valence-electron chi connectivity index (χ0n) is 11.1. The molecule has 1 atom stereocenters. The van der Waals surface area contributed by atoms with Crippen LogP contribution in [0, 0.1) is 0 Å². The van der Waals surface area contributed by atoms with Crippen molar-refractivity contribution in [1.82, 2.24) is 0 Å². The maximum absolute atomic E-state index is 12.5. The van der Waals surface area contributed by atoms with Crippen molar-refractivity contribution in [3.05, 3.63) is 59.0 Å². The number of aryl methyl sites for hydroxylation is 1. The van der Waals surface area contributed by atoms with Crippen LogP contribution in [0.1, 0.15) is 35.4 Å². The van der Waals surface area contributed by atoms with E-state index in [1.54, 1.807) is 6.26 Å². The molecule has 0 saturated carbocycles. The maximum Gasteiger partial charge on any atom is 0.416 e. The van der Waals surface area contributed by atoms with Gasteiger partial charge >= 0.3 is 6.18 Å². The summed E-state index contributed by atoms with van der Waals surface area (Å²) in [5, 5.41) is 0. The van der Waals surface area contributed by atoms with Crippen molar-refractivity contribution in [3.8, 4) is 0 Å². The Hall–Kier alpha value is -1.75. The molecule has 20 heavy (non-hydrogen) atoms. The Morgan fingerprint density at radius 2 is 1.80 bits per heavy atom. The Morgan fingerprint density at radius 1 is 1.15 bits per heavy atom. The van der Waals surface area contributed by atoms with Gasteiger partial charge in [0.05, 0.1) is 11.8 Å². The molecular formula is C15H16F3NO. The maximum atomic E-state index is 12.5. The molecule has 108 valence electrons. The zero-order chi connectivity index (χ0) is 14.8. The summed E-state index contributed by atoms with van der Waals surface area (Å²) < 4.78 is 42.7. The van der Waals surface area contributed by atoms with E-state index in [-0.39, 0.29) is 6.04 Å². The number of benzene rings is 1. The van der Waals surface area contributed by atoms with Gasteiger partial charge in [0.15, 0.2) is 0 Å². The van der Waals surface area contributed by atoms with Crippen molar-refractivity contribution >= 4 is 0 Å². The highest BCUT2D eigenvalue weighted by molar-refractivity contribution is 5.28. The Kier molecular flexibility index (Phi) is 4.18. The second kappa shape index (κ2) is 5.71. The highest BCUT2D eigenvalue weighted by Gasteiger charge is 2.30. The van der Waals surface area contributed by atoms with E-state index in [4.69, 9.17) is 10.2 Å². The van der Waals surface area contributed by atoms with E-state index < -0.39 is 11.7 Å². The van der Waals surface area contributed by atoms with Crippen molar-refractivity contribution < 1.29 is 17.6 Å². The van der Waals surface area contributed by atoms with E-state index in [1.165, 1.54) is 12.1 Å². The smallest absolute Gasteiger partial charge is 0.416 e. The van der Waals surface area contributed by atoms with E-state index in [1.807, 2.05) is 13.0 Å². The molecule has 2 N–H and O–H groups in total. The van der Waals surface area contributed by atoms with Crippen molar-refractivity contribution in [2.45, 2.75) is 32.0 Å². The number of furan rings is 1. The van der Waals surface area contributed by atoms with Gasteiger partial charge in [-0.15, -0.1) is 0 Å². The van der Waals surface area contributed by atoms with E-state index in [0.717, 1.165) is 35.4 Å². The van der Waals surface area contributed by atoms with E-state index in [2.05, 4.69) is 0 Å². The van der Waals surface area contributed by atoms with E-state index >= 15 is 0 Å². The molecule has 0 aliphatic carbocycles. The third-order valence-corrected chi connectivity index (χ3v) is 3.24. The van der Waals surface area contributed by atoms with Gasteiger partial charge in [0.25, 0.3) is 0 Å². The van der Waals surface area contributed by atoms with Crippen LogP contribution in [0.15, 0.2) is 41.0 Å². The molecule has 0 saturated heterocycles. The van der Waals surface area contributed by atoms with Crippen LogP contribution in [-0.2, 0) is 19.0 Å². The minimum absolute atomic E-state index is 0.277. The van der Waals surface area contributed by atoms with Crippen molar-refractivity contribution in [2.24, 2.45) is 5.73 Å². The number of halogens is 3. The molecule has 5 heteroatoms. The van der Waals surface area contributed by atoms with Gasteiger partial charge in [0.2, 0.25) is 0 Å². The first kappa shape index (κ1) is 14.7. The van der Waals surface area contributed by atoms with Gasteiger partial charge in [-0.25, -0.2) is 0 Å². The van der Waals surface area contributed by atoms with E-state index in [9.17, 15) is 13.2 Å². The lowest BCUT2D eigenvalue weighted by Gasteiger charge is -2.12. The Bertz CT molecular complexity index is 557. The lowest BCUT2D eigenvalue weighted by molar-refractivity contribution is -0.137. The van der Waals surface area contributed by atoms with Gasteiger partial charge in [-0.1, -0.05) is 19.1 Å². The largest absolute Gasteiger partial charge is 0.469 e. The fourth-order valence-electron chi connectivity index (χ4n) is 2.16. The zero-order valence-corrected chi connectivity index (χ0v) is 11.1. The van der Waals surface area contributed by atoms with Gasteiger partial charge in [0, 0.05) is 18.0 Å². The molecule has 2 aromatic rings.